The van der Waals surface area contributed by atoms with Gasteiger partial charge in [-0.05, 0) is 82.2 Å². The molecule has 0 unspecified atom stereocenters. The highest BCUT2D eigenvalue weighted by molar-refractivity contribution is 6.24. The predicted octanol–water partition coefficient (Wildman–Crippen LogP) is 15.5. The molecule has 7 nitrogen and oxygen atoms in total. The molecule has 15 aromatic rings. The van der Waals surface area contributed by atoms with E-state index in [2.05, 4.69) is 167 Å². The lowest BCUT2D eigenvalue weighted by atomic mass is 10.0. The van der Waals surface area contributed by atoms with Gasteiger partial charge in [-0.25, -0.2) is 4.98 Å². The number of para-hydroxylation sites is 4. The summed E-state index contributed by atoms with van der Waals surface area (Å²) >= 11 is 0. The van der Waals surface area contributed by atoms with Crippen LogP contribution >= 0.6 is 0 Å². The highest BCUT2D eigenvalue weighted by atomic mass is 16.3. The summed E-state index contributed by atoms with van der Waals surface area (Å²) in [6.07, 6.45) is 0. The van der Waals surface area contributed by atoms with Gasteiger partial charge in [0.15, 0.2) is 11.6 Å². The van der Waals surface area contributed by atoms with E-state index in [9.17, 15) is 0 Å². The van der Waals surface area contributed by atoms with E-state index < -0.39 is 0 Å². The molecule has 0 atom stereocenters. The van der Waals surface area contributed by atoms with E-state index in [0.717, 1.165) is 98.7 Å². The van der Waals surface area contributed by atoms with Gasteiger partial charge in [-0.2, -0.15) is 9.97 Å². The molecule has 306 valence electrons. The summed E-state index contributed by atoms with van der Waals surface area (Å²) < 4.78 is 18.1. The van der Waals surface area contributed by atoms with Crippen molar-refractivity contribution in [1.29, 1.82) is 0 Å². The second-order valence-electron chi connectivity index (χ2n) is 17.1. The fourth-order valence-electron chi connectivity index (χ4n) is 10.7. The minimum Gasteiger partial charge on any atom is -0.456 e. The fourth-order valence-corrected chi connectivity index (χ4v) is 10.7. The number of nitrogens with zero attached hydrogens (tertiary/aromatic N) is 5. The van der Waals surface area contributed by atoms with Crippen LogP contribution in [0.4, 0.5) is 0 Å². The third kappa shape index (κ3) is 4.88. The number of hydrogen-bond donors (Lipinski definition) is 0. The summed E-state index contributed by atoms with van der Waals surface area (Å²) in [6.45, 7) is 0. The predicted molar refractivity (Wildman–Crippen MR) is 269 cm³/mol. The Morgan fingerprint density at radius 1 is 0.333 bits per heavy atom. The SMILES string of the molecule is c1ccc2cc3c(cc2c1)c1c2ccccc2ccc1n3-c1ccc2c(oc3ccccc32)c1-c1nc(-c2cccc3oc4ccccc4c23)nc(-n2c3ccccc3c3ccccc32)n1. The second kappa shape index (κ2) is 13.2. The Hall–Kier alpha value is -9.07. The highest BCUT2D eigenvalue weighted by Crippen LogP contribution is 2.45. The monoisotopic (exact) mass is 843 g/mol. The van der Waals surface area contributed by atoms with Gasteiger partial charge in [-0.3, -0.25) is 4.57 Å². The van der Waals surface area contributed by atoms with Gasteiger partial charge in [0.25, 0.3) is 0 Å². The van der Waals surface area contributed by atoms with Crippen molar-refractivity contribution < 1.29 is 8.83 Å². The van der Waals surface area contributed by atoms with E-state index in [1.807, 2.05) is 42.5 Å². The van der Waals surface area contributed by atoms with Crippen LogP contribution < -0.4 is 0 Å². The molecule has 0 aliphatic carbocycles. The van der Waals surface area contributed by atoms with Gasteiger partial charge in [-0.15, -0.1) is 0 Å². The zero-order valence-corrected chi connectivity index (χ0v) is 35.1. The summed E-state index contributed by atoms with van der Waals surface area (Å²) in [7, 11) is 0. The second-order valence-corrected chi connectivity index (χ2v) is 17.1. The van der Waals surface area contributed by atoms with Crippen LogP contribution in [0.3, 0.4) is 0 Å². The van der Waals surface area contributed by atoms with Gasteiger partial charge in [0.1, 0.15) is 22.3 Å². The van der Waals surface area contributed by atoms with Crippen LogP contribution in [-0.4, -0.2) is 24.1 Å². The van der Waals surface area contributed by atoms with Crippen molar-refractivity contribution in [3.8, 4) is 34.4 Å². The van der Waals surface area contributed by atoms with E-state index in [1.54, 1.807) is 0 Å². The van der Waals surface area contributed by atoms with Gasteiger partial charge >= 0.3 is 0 Å². The van der Waals surface area contributed by atoms with E-state index >= 15 is 0 Å². The summed E-state index contributed by atoms with van der Waals surface area (Å²) in [5.41, 5.74) is 9.69. The molecule has 10 aromatic carbocycles. The van der Waals surface area contributed by atoms with E-state index in [0.29, 0.717) is 23.2 Å². The van der Waals surface area contributed by atoms with Crippen molar-refractivity contribution in [1.82, 2.24) is 24.1 Å². The lowest BCUT2D eigenvalue weighted by Crippen LogP contribution is -2.08. The van der Waals surface area contributed by atoms with Gasteiger partial charge in [0.05, 0.1) is 33.3 Å². The molecule has 0 saturated heterocycles. The van der Waals surface area contributed by atoms with Crippen LogP contribution in [0.5, 0.6) is 0 Å². The molecule has 0 saturated carbocycles. The van der Waals surface area contributed by atoms with Crippen molar-refractivity contribution in [2.24, 2.45) is 0 Å². The van der Waals surface area contributed by atoms with Gasteiger partial charge in [0, 0.05) is 48.7 Å². The fraction of sp³-hybridized carbons (Fsp3) is 0. The Morgan fingerprint density at radius 2 is 0.955 bits per heavy atom. The quantitative estimate of drug-likeness (QED) is 0.176. The van der Waals surface area contributed by atoms with Crippen molar-refractivity contribution in [3.63, 3.8) is 0 Å². The number of hydrogen-bond acceptors (Lipinski definition) is 5. The maximum Gasteiger partial charge on any atom is 0.238 e. The Balaban J connectivity index is 1.13. The zero-order valence-electron chi connectivity index (χ0n) is 35.1. The summed E-state index contributed by atoms with van der Waals surface area (Å²) in [4.78, 5) is 16.6. The Morgan fingerprint density at radius 3 is 1.74 bits per heavy atom. The van der Waals surface area contributed by atoms with Crippen molar-refractivity contribution in [2.75, 3.05) is 0 Å². The van der Waals surface area contributed by atoms with E-state index in [1.165, 1.54) is 21.5 Å². The molecule has 0 spiro atoms. The Kier molecular flexibility index (Phi) is 7.10. The summed E-state index contributed by atoms with van der Waals surface area (Å²) in [6, 6.07) is 70.2. The zero-order chi connectivity index (χ0) is 43.0. The van der Waals surface area contributed by atoms with Gasteiger partial charge in [-0.1, -0.05) is 140 Å². The molecule has 0 aliphatic heterocycles. The van der Waals surface area contributed by atoms with Crippen molar-refractivity contribution in [2.45, 2.75) is 0 Å². The van der Waals surface area contributed by atoms with Crippen LogP contribution in [0.15, 0.2) is 209 Å². The molecule has 66 heavy (non-hydrogen) atoms. The largest absolute Gasteiger partial charge is 0.456 e. The Bertz CT molecular complexity index is 4500. The third-order valence-electron chi connectivity index (χ3n) is 13.6. The van der Waals surface area contributed by atoms with Gasteiger partial charge < -0.3 is 13.4 Å². The molecule has 5 heterocycles. The Labute approximate surface area is 375 Å². The number of fused-ring (bicyclic) bond motifs is 15. The van der Waals surface area contributed by atoms with Crippen LogP contribution in [0.1, 0.15) is 0 Å². The number of aromatic nitrogens is 5. The average Bonchev–Trinajstić information content (AvgIpc) is 4.13. The van der Waals surface area contributed by atoms with Gasteiger partial charge in [0.2, 0.25) is 5.95 Å². The molecule has 7 heteroatoms. The molecular formula is C59H33N5O2. The average molecular weight is 844 g/mol. The van der Waals surface area contributed by atoms with Crippen molar-refractivity contribution >= 4 is 109 Å². The van der Waals surface area contributed by atoms with Crippen molar-refractivity contribution in [3.05, 3.63) is 200 Å². The maximum atomic E-state index is 7.04. The molecule has 0 fully saturated rings. The smallest absolute Gasteiger partial charge is 0.238 e. The molecule has 0 aliphatic rings. The normalized spacial score (nSPS) is 12.2. The van der Waals surface area contributed by atoms with Crippen LogP contribution in [0.2, 0.25) is 0 Å². The number of furan rings is 2. The number of benzene rings is 10. The standard InChI is InChI=1S/C59H33N5O2/c1-2-16-36-33-49-44(32-35(36)15-1)53-37-17-4-3-14-34(37)28-30-47(53)63(49)48-31-29-41-40-20-7-11-25-50(40)66-56(41)55(48)58-60-57(43-22-13-27-52-54(43)42-21-8-12-26-51(42)65-52)61-59(62-58)64-45-23-9-5-18-38(45)39-19-6-10-24-46(39)64/h1-33H. The lowest BCUT2D eigenvalue weighted by Gasteiger charge is -2.16. The minimum absolute atomic E-state index is 0.484. The maximum absolute atomic E-state index is 7.04. The third-order valence-corrected chi connectivity index (χ3v) is 13.6. The minimum atomic E-state index is 0.484. The molecule has 5 aromatic heterocycles. The molecule has 0 N–H and O–H groups in total. The van der Waals surface area contributed by atoms with E-state index in [4.69, 9.17) is 23.8 Å². The summed E-state index contributed by atoms with van der Waals surface area (Å²) in [5.74, 6) is 1.50. The topological polar surface area (TPSA) is 74.8 Å². The molecule has 0 amide bonds. The highest BCUT2D eigenvalue weighted by Gasteiger charge is 2.27. The lowest BCUT2D eigenvalue weighted by molar-refractivity contribution is 0.668. The van der Waals surface area contributed by atoms with Crippen LogP contribution in [-0.2, 0) is 0 Å². The first-order valence-corrected chi connectivity index (χ1v) is 22.2. The summed E-state index contributed by atoms with van der Waals surface area (Å²) in [5, 5.41) is 13.2. The van der Waals surface area contributed by atoms with E-state index in [-0.39, 0.29) is 0 Å². The molecular weight excluding hydrogens is 811 g/mol. The first kappa shape index (κ1) is 35.4. The molecule has 0 bridgehead atoms. The molecule has 15 rings (SSSR count). The van der Waals surface area contributed by atoms with Crippen LogP contribution in [0, 0.1) is 0 Å². The molecule has 0 radical (unpaired) electrons. The number of rotatable bonds is 4. The first-order chi connectivity index (χ1) is 32.7. The first-order valence-electron chi connectivity index (χ1n) is 22.2. The van der Waals surface area contributed by atoms with Crippen LogP contribution in [0.25, 0.3) is 143 Å².